The second-order valence-electron chi connectivity index (χ2n) is 4.43. The summed E-state index contributed by atoms with van der Waals surface area (Å²) in [6, 6.07) is 10.1. The standard InChI is InChI=1S/C13H16N4O2/c1-9(7-8-10-5-3-2-4-6-10)14-12(18)11-15-13(19)17-16-11/h2-6,9H,7-8H2,1H3,(H,14,18)(H2,15,16,17,19)/t9-/m1/s1. The number of hydrogen-bond donors (Lipinski definition) is 3. The summed E-state index contributed by atoms with van der Waals surface area (Å²) in [6.07, 6.45) is 1.71. The van der Waals surface area contributed by atoms with E-state index in [0.29, 0.717) is 0 Å². The van der Waals surface area contributed by atoms with Crippen LogP contribution in [-0.2, 0) is 6.42 Å². The third-order valence-electron chi connectivity index (χ3n) is 2.80. The lowest BCUT2D eigenvalue weighted by Gasteiger charge is -2.12. The lowest BCUT2D eigenvalue weighted by Crippen LogP contribution is -2.33. The zero-order valence-electron chi connectivity index (χ0n) is 10.6. The molecule has 1 atom stereocenters. The molecule has 1 aromatic carbocycles. The fourth-order valence-corrected chi connectivity index (χ4v) is 1.77. The normalized spacial score (nSPS) is 12.1. The van der Waals surface area contributed by atoms with Gasteiger partial charge in [-0.2, -0.15) is 0 Å². The van der Waals surface area contributed by atoms with Gasteiger partial charge in [0.1, 0.15) is 0 Å². The fourth-order valence-electron chi connectivity index (χ4n) is 1.77. The molecule has 0 aliphatic heterocycles. The van der Waals surface area contributed by atoms with Gasteiger partial charge in [-0.3, -0.25) is 9.78 Å². The highest BCUT2D eigenvalue weighted by Crippen LogP contribution is 2.04. The number of benzene rings is 1. The van der Waals surface area contributed by atoms with E-state index in [1.54, 1.807) is 0 Å². The number of aromatic nitrogens is 3. The van der Waals surface area contributed by atoms with Gasteiger partial charge in [-0.15, -0.1) is 5.10 Å². The van der Waals surface area contributed by atoms with Crippen LogP contribution in [0.15, 0.2) is 35.1 Å². The Morgan fingerprint density at radius 2 is 2.11 bits per heavy atom. The van der Waals surface area contributed by atoms with Gasteiger partial charge >= 0.3 is 5.69 Å². The van der Waals surface area contributed by atoms with Gasteiger partial charge in [-0.05, 0) is 25.3 Å². The van der Waals surface area contributed by atoms with Crippen molar-refractivity contribution in [1.82, 2.24) is 20.5 Å². The van der Waals surface area contributed by atoms with Crippen LogP contribution in [0.2, 0.25) is 0 Å². The molecule has 1 amide bonds. The van der Waals surface area contributed by atoms with Crippen LogP contribution in [0.5, 0.6) is 0 Å². The highest BCUT2D eigenvalue weighted by molar-refractivity contribution is 5.90. The Hall–Kier alpha value is -2.37. The number of rotatable bonds is 5. The highest BCUT2D eigenvalue weighted by atomic mass is 16.2. The van der Waals surface area contributed by atoms with E-state index < -0.39 is 5.69 Å². The van der Waals surface area contributed by atoms with E-state index in [0.717, 1.165) is 12.8 Å². The molecule has 100 valence electrons. The van der Waals surface area contributed by atoms with Crippen molar-refractivity contribution in [2.24, 2.45) is 0 Å². The molecule has 6 heteroatoms. The van der Waals surface area contributed by atoms with E-state index in [1.807, 2.05) is 25.1 Å². The van der Waals surface area contributed by atoms with Gasteiger partial charge in [0.25, 0.3) is 5.91 Å². The monoisotopic (exact) mass is 260 g/mol. The minimum absolute atomic E-state index is 0.00732. The molecule has 3 N–H and O–H groups in total. The molecule has 0 bridgehead atoms. The maximum Gasteiger partial charge on any atom is 0.341 e. The van der Waals surface area contributed by atoms with E-state index in [1.165, 1.54) is 5.56 Å². The Morgan fingerprint density at radius 1 is 1.37 bits per heavy atom. The molecule has 0 spiro atoms. The summed E-state index contributed by atoms with van der Waals surface area (Å²) in [4.78, 5) is 24.9. The summed E-state index contributed by atoms with van der Waals surface area (Å²) in [6.45, 7) is 1.92. The number of aromatic amines is 2. The van der Waals surface area contributed by atoms with Gasteiger partial charge in [0, 0.05) is 6.04 Å². The van der Waals surface area contributed by atoms with Crippen LogP contribution < -0.4 is 11.0 Å². The van der Waals surface area contributed by atoms with Gasteiger partial charge in [0.2, 0.25) is 5.82 Å². The molecule has 1 heterocycles. The van der Waals surface area contributed by atoms with Crippen LogP contribution in [0.4, 0.5) is 0 Å². The Balaban J connectivity index is 1.83. The summed E-state index contributed by atoms with van der Waals surface area (Å²) < 4.78 is 0. The minimum atomic E-state index is -0.484. The van der Waals surface area contributed by atoms with Crippen molar-refractivity contribution in [3.05, 3.63) is 52.2 Å². The molecule has 0 radical (unpaired) electrons. The molecule has 0 saturated carbocycles. The first-order chi connectivity index (χ1) is 9.15. The van der Waals surface area contributed by atoms with Gasteiger partial charge in [0.05, 0.1) is 0 Å². The van der Waals surface area contributed by atoms with Crippen molar-refractivity contribution < 1.29 is 4.79 Å². The molecular formula is C13H16N4O2. The number of nitrogens with zero attached hydrogens (tertiary/aromatic N) is 1. The Kier molecular flexibility index (Phi) is 4.12. The van der Waals surface area contributed by atoms with Gasteiger partial charge in [0.15, 0.2) is 0 Å². The summed E-state index contributed by atoms with van der Waals surface area (Å²) in [7, 11) is 0. The predicted molar refractivity (Wildman–Crippen MR) is 70.9 cm³/mol. The SMILES string of the molecule is C[C@H](CCc1ccccc1)NC(=O)c1n[nH]c(=O)[nH]1. The van der Waals surface area contributed by atoms with E-state index in [9.17, 15) is 9.59 Å². The Morgan fingerprint density at radius 3 is 2.74 bits per heavy atom. The number of carbonyl (C=O) groups is 1. The van der Waals surface area contributed by atoms with Gasteiger partial charge < -0.3 is 5.32 Å². The first-order valence-electron chi connectivity index (χ1n) is 6.14. The van der Waals surface area contributed by atoms with Crippen LogP contribution in [0.3, 0.4) is 0 Å². The smallest absolute Gasteiger partial charge is 0.341 e. The lowest BCUT2D eigenvalue weighted by molar-refractivity contribution is 0.0928. The third-order valence-corrected chi connectivity index (χ3v) is 2.80. The first-order valence-corrected chi connectivity index (χ1v) is 6.14. The molecule has 6 nitrogen and oxygen atoms in total. The lowest BCUT2D eigenvalue weighted by atomic mass is 10.1. The van der Waals surface area contributed by atoms with Crippen LogP contribution in [0.1, 0.15) is 29.5 Å². The average molecular weight is 260 g/mol. The molecule has 2 aromatic rings. The molecule has 0 unspecified atom stereocenters. The first kappa shape index (κ1) is 13.1. The largest absolute Gasteiger partial charge is 0.347 e. The van der Waals surface area contributed by atoms with Crippen molar-refractivity contribution in [3.8, 4) is 0 Å². The van der Waals surface area contributed by atoms with E-state index in [4.69, 9.17) is 0 Å². The fraction of sp³-hybridized carbons (Fsp3) is 0.308. The van der Waals surface area contributed by atoms with Crippen molar-refractivity contribution in [1.29, 1.82) is 0 Å². The molecule has 2 rings (SSSR count). The number of hydrogen-bond acceptors (Lipinski definition) is 3. The van der Waals surface area contributed by atoms with Crippen LogP contribution >= 0.6 is 0 Å². The summed E-state index contributed by atoms with van der Waals surface area (Å²) in [5.41, 5.74) is 0.749. The molecule has 0 fully saturated rings. The van der Waals surface area contributed by atoms with E-state index in [2.05, 4.69) is 32.6 Å². The average Bonchev–Trinajstić information content (AvgIpc) is 2.84. The van der Waals surface area contributed by atoms with E-state index >= 15 is 0 Å². The second kappa shape index (κ2) is 5.99. The van der Waals surface area contributed by atoms with E-state index in [-0.39, 0.29) is 17.8 Å². The summed E-state index contributed by atoms with van der Waals surface area (Å²) in [5.74, 6) is -0.365. The number of aryl methyl sites for hydroxylation is 1. The maximum atomic E-state index is 11.7. The van der Waals surface area contributed by atoms with Crippen LogP contribution in [0.25, 0.3) is 0 Å². The number of carbonyl (C=O) groups excluding carboxylic acids is 1. The Labute approximate surface area is 110 Å². The molecule has 0 aliphatic rings. The van der Waals surface area contributed by atoms with Crippen LogP contribution in [-0.4, -0.2) is 27.1 Å². The number of amides is 1. The van der Waals surface area contributed by atoms with Crippen molar-refractivity contribution in [2.45, 2.75) is 25.8 Å². The van der Waals surface area contributed by atoms with Crippen molar-refractivity contribution >= 4 is 5.91 Å². The zero-order chi connectivity index (χ0) is 13.7. The predicted octanol–water partition coefficient (Wildman–Crippen LogP) is 0.849. The summed E-state index contributed by atoms with van der Waals surface area (Å²) in [5, 5.41) is 8.53. The second-order valence-corrected chi connectivity index (χ2v) is 4.43. The third kappa shape index (κ3) is 3.80. The molecule has 0 aliphatic carbocycles. The summed E-state index contributed by atoms with van der Waals surface area (Å²) >= 11 is 0. The number of nitrogens with one attached hydrogen (secondary N) is 3. The minimum Gasteiger partial charge on any atom is -0.347 e. The maximum absolute atomic E-state index is 11.7. The van der Waals surface area contributed by atoms with Crippen LogP contribution in [0, 0.1) is 0 Å². The van der Waals surface area contributed by atoms with Crippen molar-refractivity contribution in [3.63, 3.8) is 0 Å². The number of H-pyrrole nitrogens is 2. The quantitative estimate of drug-likeness (QED) is 0.744. The van der Waals surface area contributed by atoms with Gasteiger partial charge in [-0.25, -0.2) is 9.89 Å². The Bertz CT molecular complexity index is 588. The molecule has 0 saturated heterocycles. The molecule has 1 aromatic heterocycles. The zero-order valence-corrected chi connectivity index (χ0v) is 10.6. The molecular weight excluding hydrogens is 244 g/mol. The van der Waals surface area contributed by atoms with Crippen molar-refractivity contribution in [2.75, 3.05) is 0 Å². The molecule has 19 heavy (non-hydrogen) atoms. The highest BCUT2D eigenvalue weighted by Gasteiger charge is 2.12. The van der Waals surface area contributed by atoms with Gasteiger partial charge in [-0.1, -0.05) is 30.3 Å². The topological polar surface area (TPSA) is 90.6 Å².